The molecule has 1 aliphatic heterocycles. The fraction of sp³-hybridized carbons (Fsp3) is 0. The van der Waals surface area contributed by atoms with Gasteiger partial charge in [-0.15, -0.1) is 0 Å². The van der Waals surface area contributed by atoms with Crippen LogP contribution in [0.2, 0.25) is 0 Å². The number of rotatable bonds is 0. The van der Waals surface area contributed by atoms with E-state index in [1.54, 1.807) is 0 Å². The number of nitrogens with one attached hydrogen (secondary N) is 1. The fourth-order valence-corrected chi connectivity index (χ4v) is 0.295. The van der Waals surface area contributed by atoms with Crippen LogP contribution in [0, 0.1) is 15.5 Å². The van der Waals surface area contributed by atoms with Gasteiger partial charge in [0.1, 0.15) is 0 Å². The molecule has 1 rings (SSSR count). The van der Waals surface area contributed by atoms with E-state index in [0.29, 0.717) is 0 Å². The molecule has 7 N–H and O–H groups in total. The Labute approximate surface area is 76.5 Å². The lowest BCUT2D eigenvalue weighted by Gasteiger charge is -1.82. The second-order valence-electron chi connectivity index (χ2n) is 1.77. The molecular formula is C3H7N8O3+. The van der Waals surface area contributed by atoms with Crippen molar-refractivity contribution in [3.63, 3.8) is 0 Å². The summed E-state index contributed by atoms with van der Waals surface area (Å²) < 4.78 is 0. The molecular weight excluding hydrogens is 196 g/mol. The third kappa shape index (κ3) is 4.58. The van der Waals surface area contributed by atoms with Crippen molar-refractivity contribution < 1.29 is 15.1 Å². The van der Waals surface area contributed by atoms with Crippen LogP contribution in [0.3, 0.4) is 0 Å². The standard InChI is InChI=1S/C2N4O3.CH6N4/c7-2-3-1(4-5-2)6(8)9;2-1(3)5-4/h;4H2,(H4,2,3,5)/p+1. The van der Waals surface area contributed by atoms with Gasteiger partial charge in [-0.2, -0.15) is 5.84 Å². The first-order valence-corrected chi connectivity index (χ1v) is 3.05. The molecule has 11 nitrogen and oxygen atoms in total. The van der Waals surface area contributed by atoms with E-state index in [0.717, 1.165) is 5.43 Å². The van der Waals surface area contributed by atoms with Crippen LogP contribution >= 0.6 is 0 Å². The number of nitrogens with two attached hydrogens (primary N) is 3. The van der Waals surface area contributed by atoms with Crippen LogP contribution in [-0.2, 0) is 0 Å². The maximum absolute atomic E-state index is 10.0. The number of nitro groups is 1. The zero-order chi connectivity index (χ0) is 11.1. The van der Waals surface area contributed by atoms with Crippen molar-refractivity contribution in [3.8, 4) is 0 Å². The molecule has 0 aromatic heterocycles. The highest BCUT2D eigenvalue weighted by Crippen LogP contribution is 1.97. The van der Waals surface area contributed by atoms with Crippen LogP contribution in [0.1, 0.15) is 0 Å². The van der Waals surface area contributed by atoms with Gasteiger partial charge in [0.2, 0.25) is 0 Å². The summed E-state index contributed by atoms with van der Waals surface area (Å²) in [5.41, 5.74) is 5.72. The highest BCUT2D eigenvalue weighted by molar-refractivity contribution is 5.93. The Morgan fingerprint density at radius 3 is 2.21 bits per heavy atom. The summed E-state index contributed by atoms with van der Waals surface area (Å²) in [7, 11) is 0. The molecule has 0 fully saturated rings. The number of aliphatic imine (C=N–C) groups is 1. The quantitative estimate of drug-likeness (QED) is 0.111. The Bertz CT molecular complexity index is 318. The number of hydrogen-bond donors (Lipinski definition) is 4. The fourth-order valence-electron chi connectivity index (χ4n) is 0.295. The first-order chi connectivity index (χ1) is 6.47. The molecule has 0 aromatic rings. The minimum Gasteiger partial charge on any atom is -0.390 e. The molecule has 11 heteroatoms. The van der Waals surface area contributed by atoms with E-state index < -0.39 is 16.9 Å². The van der Waals surface area contributed by atoms with Crippen molar-refractivity contribution in [1.82, 2.24) is 0 Å². The van der Waals surface area contributed by atoms with Gasteiger partial charge < -0.3 is 15.8 Å². The minimum atomic E-state index is -0.929. The molecule has 0 radical (unpaired) electrons. The number of guanidine groups is 2. The van der Waals surface area contributed by atoms with Gasteiger partial charge in [0.05, 0.1) is 5.11 Å². The van der Waals surface area contributed by atoms with E-state index in [4.69, 9.17) is 17.0 Å². The highest BCUT2D eigenvalue weighted by Gasteiger charge is 2.23. The molecule has 0 unspecified atom stereocenters. The summed E-state index contributed by atoms with van der Waals surface area (Å²) >= 11 is 0. The van der Waals surface area contributed by atoms with Crippen molar-refractivity contribution in [2.45, 2.75) is 0 Å². The molecule has 0 bridgehead atoms. The predicted octanol–water partition coefficient (Wildman–Crippen LogP) is -2.48. The van der Waals surface area contributed by atoms with E-state index in [1.807, 2.05) is 0 Å². The molecule has 1 heterocycles. The number of nitrogens with zero attached hydrogens (tertiary/aromatic N) is 4. The third-order valence-electron chi connectivity index (χ3n) is 0.763. The summed E-state index contributed by atoms with van der Waals surface area (Å²) in [6.07, 6.45) is 0. The van der Waals surface area contributed by atoms with Crippen LogP contribution in [-0.4, -0.2) is 22.9 Å². The molecule has 0 spiro atoms. The number of hydrogen-bond acceptors (Lipinski definition) is 6. The average Bonchev–Trinajstić information content (AvgIpc) is 2.53. The monoisotopic (exact) mass is 203 g/mol. The zero-order valence-corrected chi connectivity index (χ0v) is 6.75. The number of amides is 2. The van der Waals surface area contributed by atoms with Crippen LogP contribution in [0.5, 0.6) is 0 Å². The average molecular weight is 203 g/mol. The number of azo groups is 1. The van der Waals surface area contributed by atoms with Crippen LogP contribution in [0.25, 0.3) is 0 Å². The number of carbonyl (C=O) groups excluding carboxylic acids is 1. The van der Waals surface area contributed by atoms with Gasteiger partial charge in [-0.25, -0.2) is 15.6 Å². The van der Waals surface area contributed by atoms with E-state index >= 15 is 0 Å². The lowest BCUT2D eigenvalue weighted by atomic mass is 11.0. The molecule has 0 aliphatic carbocycles. The number of quaternary nitrogens is 1. The maximum atomic E-state index is 10.0. The molecule has 1 aliphatic rings. The van der Waals surface area contributed by atoms with Crippen molar-refractivity contribution in [2.24, 2.45) is 26.8 Å². The van der Waals surface area contributed by atoms with Gasteiger partial charge >= 0.3 is 18.0 Å². The van der Waals surface area contributed by atoms with Crippen molar-refractivity contribution in [3.05, 3.63) is 10.1 Å². The number of urea groups is 1. The van der Waals surface area contributed by atoms with Crippen LogP contribution in [0.4, 0.5) is 4.79 Å². The van der Waals surface area contributed by atoms with Gasteiger partial charge in [-0.05, 0) is 4.92 Å². The van der Waals surface area contributed by atoms with Gasteiger partial charge in [-0.3, -0.25) is 0 Å². The summed E-state index contributed by atoms with van der Waals surface area (Å²) in [4.78, 5) is 21.7. The third-order valence-corrected chi connectivity index (χ3v) is 0.763. The second-order valence-corrected chi connectivity index (χ2v) is 1.77. The van der Waals surface area contributed by atoms with Gasteiger partial charge in [-0.1, -0.05) is 0 Å². The predicted molar refractivity (Wildman–Crippen MR) is 42.7 cm³/mol. The zero-order valence-electron chi connectivity index (χ0n) is 6.75. The van der Waals surface area contributed by atoms with Gasteiger partial charge in [0.15, 0.2) is 0 Å². The van der Waals surface area contributed by atoms with Crippen molar-refractivity contribution >= 4 is 18.0 Å². The van der Waals surface area contributed by atoms with E-state index in [1.165, 1.54) is 0 Å². The first kappa shape index (κ1) is 11.7. The SMILES string of the molecule is N=C(N)[NH2+]N.O=C1N=NC([N+](=O)[O-])=N1. The van der Waals surface area contributed by atoms with Crippen molar-refractivity contribution in [2.75, 3.05) is 0 Å². The van der Waals surface area contributed by atoms with E-state index in [-0.39, 0.29) is 5.96 Å². The Balaban J connectivity index is 0.000000292. The largest absolute Gasteiger partial charge is 0.496 e. The number of carbonyl (C=O) groups is 1. The van der Waals surface area contributed by atoms with Gasteiger partial charge in [0, 0.05) is 10.1 Å². The summed E-state index contributed by atoms with van der Waals surface area (Å²) in [5.74, 6) is 3.85. The Morgan fingerprint density at radius 2 is 2.07 bits per heavy atom. The lowest BCUT2D eigenvalue weighted by Crippen LogP contribution is -2.96. The molecule has 0 aromatic carbocycles. The van der Waals surface area contributed by atoms with Crippen LogP contribution in [0.15, 0.2) is 15.2 Å². The smallest absolute Gasteiger partial charge is 0.390 e. The molecule has 0 saturated heterocycles. The Kier molecular flexibility index (Phi) is 4.51. The van der Waals surface area contributed by atoms with Crippen LogP contribution < -0.4 is 17.0 Å². The summed E-state index contributed by atoms with van der Waals surface area (Å²) in [6.45, 7) is 0. The van der Waals surface area contributed by atoms with E-state index in [9.17, 15) is 14.9 Å². The normalized spacial score (nSPS) is 12.9. The lowest BCUT2D eigenvalue weighted by molar-refractivity contribution is -0.555. The highest BCUT2D eigenvalue weighted by atomic mass is 16.6. The Hall–Kier alpha value is -2.27. The van der Waals surface area contributed by atoms with Gasteiger partial charge in [0.25, 0.3) is 0 Å². The Morgan fingerprint density at radius 1 is 1.57 bits per heavy atom. The van der Waals surface area contributed by atoms with E-state index in [2.05, 4.69) is 15.2 Å². The molecule has 0 atom stereocenters. The molecule has 2 amide bonds. The summed E-state index contributed by atoms with van der Waals surface area (Å²) in [6, 6.07) is -0.929. The summed E-state index contributed by atoms with van der Waals surface area (Å²) in [5, 5.41) is 21.7. The minimum absolute atomic E-state index is 0.0926. The molecule has 14 heavy (non-hydrogen) atoms. The topological polar surface area (TPSA) is 190 Å². The van der Waals surface area contributed by atoms with Crippen molar-refractivity contribution in [1.29, 1.82) is 5.41 Å². The molecule has 76 valence electrons. The second kappa shape index (κ2) is 5.39. The first-order valence-electron chi connectivity index (χ1n) is 3.05. The maximum Gasteiger partial charge on any atom is 0.496 e. The molecule has 0 saturated carbocycles.